The number of amides is 1. The van der Waals surface area contributed by atoms with Crippen molar-refractivity contribution in [2.45, 2.75) is 20.4 Å². The molecule has 0 aliphatic carbocycles. The van der Waals surface area contributed by atoms with Crippen LogP contribution in [0.4, 0.5) is 5.69 Å². The van der Waals surface area contributed by atoms with Gasteiger partial charge in [0, 0.05) is 5.69 Å². The van der Waals surface area contributed by atoms with Gasteiger partial charge in [0.2, 0.25) is 0 Å². The van der Waals surface area contributed by atoms with Crippen molar-refractivity contribution in [1.29, 1.82) is 0 Å². The first-order chi connectivity index (χ1) is 11.4. The second kappa shape index (κ2) is 6.71. The van der Waals surface area contributed by atoms with Crippen LogP contribution < -0.4 is 5.32 Å². The molecule has 7 heteroatoms. The third-order valence-electron chi connectivity index (χ3n) is 3.50. The molecule has 0 aliphatic heterocycles. The molecule has 0 atom stereocenters. The number of carbonyl (C=O) groups excluding carboxylic acids is 1. The number of benzene rings is 1. The lowest BCUT2D eigenvalue weighted by atomic mass is 10.3. The number of aryl methyl sites for hydroxylation is 2. The van der Waals surface area contributed by atoms with E-state index in [-0.39, 0.29) is 5.76 Å². The van der Waals surface area contributed by atoms with Gasteiger partial charge in [-0.2, -0.15) is 5.10 Å². The van der Waals surface area contributed by atoms with Crippen molar-refractivity contribution in [3.8, 4) is 0 Å². The highest BCUT2D eigenvalue weighted by atomic mass is 35.5. The van der Waals surface area contributed by atoms with Crippen LogP contribution >= 0.6 is 23.2 Å². The van der Waals surface area contributed by atoms with Gasteiger partial charge in [-0.3, -0.25) is 9.48 Å². The van der Waals surface area contributed by atoms with Crippen LogP contribution in [0.5, 0.6) is 0 Å². The van der Waals surface area contributed by atoms with Crippen molar-refractivity contribution in [2.75, 3.05) is 5.32 Å². The van der Waals surface area contributed by atoms with Crippen LogP contribution in [0, 0.1) is 13.8 Å². The highest BCUT2D eigenvalue weighted by Crippen LogP contribution is 2.30. The molecule has 1 N–H and O–H groups in total. The van der Waals surface area contributed by atoms with Crippen LogP contribution in [0.3, 0.4) is 0 Å². The smallest absolute Gasteiger partial charge is 0.291 e. The van der Waals surface area contributed by atoms with Gasteiger partial charge >= 0.3 is 0 Å². The maximum atomic E-state index is 12.3. The molecule has 0 saturated carbocycles. The molecule has 3 rings (SSSR count). The van der Waals surface area contributed by atoms with Crippen LogP contribution in [0.2, 0.25) is 10.0 Å². The molecular formula is C17H15Cl2N3O2. The first-order valence-electron chi connectivity index (χ1n) is 7.29. The van der Waals surface area contributed by atoms with E-state index in [1.807, 2.05) is 24.6 Å². The fourth-order valence-corrected chi connectivity index (χ4v) is 2.85. The number of hydrogen-bond acceptors (Lipinski definition) is 3. The first-order valence-corrected chi connectivity index (χ1v) is 8.05. The summed E-state index contributed by atoms with van der Waals surface area (Å²) in [6.07, 6.45) is 0. The van der Waals surface area contributed by atoms with Gasteiger partial charge < -0.3 is 9.73 Å². The molecule has 1 aromatic carbocycles. The standard InChI is InChI=1S/C17H15Cl2N3O2/c1-10-8-11(2)22(21-10)9-12-6-7-15(24-12)17(23)20-16-13(18)4-3-5-14(16)19/h3-8H,9H2,1-2H3,(H,20,23). The lowest BCUT2D eigenvalue weighted by molar-refractivity contribution is 0.0994. The fourth-order valence-electron chi connectivity index (χ4n) is 2.36. The Hall–Kier alpha value is -2.24. The lowest BCUT2D eigenvalue weighted by Crippen LogP contribution is -2.11. The minimum atomic E-state index is -0.412. The van der Waals surface area contributed by atoms with E-state index in [1.54, 1.807) is 30.3 Å². The number of aromatic nitrogens is 2. The second-order valence-electron chi connectivity index (χ2n) is 5.40. The quantitative estimate of drug-likeness (QED) is 0.730. The Kier molecular flexibility index (Phi) is 4.64. The van der Waals surface area contributed by atoms with E-state index in [0.717, 1.165) is 11.4 Å². The zero-order valence-corrected chi connectivity index (χ0v) is 14.6. The summed E-state index contributed by atoms with van der Waals surface area (Å²) in [6.45, 7) is 4.35. The molecule has 0 bridgehead atoms. The summed E-state index contributed by atoms with van der Waals surface area (Å²) in [5.74, 6) is 0.406. The maximum Gasteiger partial charge on any atom is 0.291 e. The highest BCUT2D eigenvalue weighted by molar-refractivity contribution is 6.39. The largest absolute Gasteiger partial charge is 0.454 e. The molecule has 5 nitrogen and oxygen atoms in total. The fraction of sp³-hybridized carbons (Fsp3) is 0.176. The molecule has 2 aromatic heterocycles. The van der Waals surface area contributed by atoms with Crippen molar-refractivity contribution in [3.63, 3.8) is 0 Å². The van der Waals surface area contributed by atoms with Gasteiger partial charge in [0.15, 0.2) is 5.76 Å². The van der Waals surface area contributed by atoms with Crippen molar-refractivity contribution < 1.29 is 9.21 Å². The summed E-state index contributed by atoms with van der Waals surface area (Å²) >= 11 is 12.1. The van der Waals surface area contributed by atoms with Crippen LogP contribution in [0.1, 0.15) is 27.7 Å². The summed E-state index contributed by atoms with van der Waals surface area (Å²) in [4.78, 5) is 12.3. The van der Waals surface area contributed by atoms with Gasteiger partial charge in [-0.15, -0.1) is 0 Å². The average Bonchev–Trinajstić information content (AvgIpc) is 3.10. The number of halogens is 2. The van der Waals surface area contributed by atoms with Crippen LogP contribution in [-0.2, 0) is 6.54 Å². The molecule has 0 unspecified atom stereocenters. The molecule has 0 saturated heterocycles. The monoisotopic (exact) mass is 363 g/mol. The van der Waals surface area contributed by atoms with E-state index in [1.165, 1.54) is 0 Å². The van der Waals surface area contributed by atoms with Crippen molar-refractivity contribution in [3.05, 3.63) is 69.4 Å². The number of hydrogen-bond donors (Lipinski definition) is 1. The third kappa shape index (κ3) is 3.47. The Morgan fingerprint density at radius 2 is 1.92 bits per heavy atom. The Bertz CT molecular complexity index is 879. The third-order valence-corrected chi connectivity index (χ3v) is 4.13. The zero-order chi connectivity index (χ0) is 17.3. The minimum Gasteiger partial charge on any atom is -0.454 e. The molecular weight excluding hydrogens is 349 g/mol. The Balaban J connectivity index is 1.75. The summed E-state index contributed by atoms with van der Waals surface area (Å²) < 4.78 is 7.43. The Labute approximate surface area is 149 Å². The summed E-state index contributed by atoms with van der Waals surface area (Å²) in [6, 6.07) is 10.4. The second-order valence-corrected chi connectivity index (χ2v) is 6.22. The van der Waals surface area contributed by atoms with E-state index >= 15 is 0 Å². The number of nitrogens with one attached hydrogen (secondary N) is 1. The van der Waals surface area contributed by atoms with Crippen LogP contribution in [0.25, 0.3) is 0 Å². The summed E-state index contributed by atoms with van der Waals surface area (Å²) in [5, 5.41) is 7.77. The molecule has 0 spiro atoms. The normalized spacial score (nSPS) is 10.8. The van der Waals surface area contributed by atoms with Gasteiger partial charge in [0.1, 0.15) is 5.76 Å². The van der Waals surface area contributed by atoms with E-state index in [4.69, 9.17) is 27.6 Å². The molecule has 1 amide bonds. The van der Waals surface area contributed by atoms with E-state index < -0.39 is 5.91 Å². The van der Waals surface area contributed by atoms with Crippen molar-refractivity contribution >= 4 is 34.8 Å². The summed E-state index contributed by atoms with van der Waals surface area (Å²) in [5.41, 5.74) is 2.32. The van der Waals surface area contributed by atoms with Gasteiger partial charge in [0.25, 0.3) is 5.91 Å². The van der Waals surface area contributed by atoms with Gasteiger partial charge in [-0.05, 0) is 44.2 Å². The molecule has 3 aromatic rings. The van der Waals surface area contributed by atoms with Gasteiger partial charge in [-0.1, -0.05) is 29.3 Å². The van der Waals surface area contributed by atoms with Crippen molar-refractivity contribution in [2.24, 2.45) is 0 Å². The Morgan fingerprint density at radius 3 is 2.54 bits per heavy atom. The van der Waals surface area contributed by atoms with E-state index in [9.17, 15) is 4.79 Å². The predicted molar refractivity (Wildman–Crippen MR) is 93.9 cm³/mol. The molecule has 2 heterocycles. The number of anilines is 1. The molecule has 0 fully saturated rings. The topological polar surface area (TPSA) is 60.1 Å². The SMILES string of the molecule is Cc1cc(C)n(Cc2ccc(C(=O)Nc3c(Cl)cccc3Cl)o2)n1. The lowest BCUT2D eigenvalue weighted by Gasteiger charge is -2.07. The van der Waals surface area contributed by atoms with E-state index in [2.05, 4.69) is 10.4 Å². The van der Waals surface area contributed by atoms with E-state index in [0.29, 0.717) is 28.0 Å². The number of para-hydroxylation sites is 1. The average molecular weight is 364 g/mol. The van der Waals surface area contributed by atoms with Crippen molar-refractivity contribution in [1.82, 2.24) is 9.78 Å². The number of carbonyl (C=O) groups is 1. The molecule has 124 valence electrons. The maximum absolute atomic E-state index is 12.3. The minimum absolute atomic E-state index is 0.183. The van der Waals surface area contributed by atoms with Crippen LogP contribution in [-0.4, -0.2) is 15.7 Å². The molecule has 0 radical (unpaired) electrons. The Morgan fingerprint density at radius 1 is 1.21 bits per heavy atom. The van der Waals surface area contributed by atoms with Gasteiger partial charge in [0.05, 0.1) is 28.0 Å². The van der Waals surface area contributed by atoms with Gasteiger partial charge in [-0.25, -0.2) is 0 Å². The van der Waals surface area contributed by atoms with Crippen LogP contribution in [0.15, 0.2) is 40.8 Å². The molecule has 0 aliphatic rings. The first kappa shape index (κ1) is 16.6. The predicted octanol–water partition coefficient (Wildman–Crippen LogP) is 4.70. The highest BCUT2D eigenvalue weighted by Gasteiger charge is 2.15. The molecule has 24 heavy (non-hydrogen) atoms. The summed E-state index contributed by atoms with van der Waals surface area (Å²) in [7, 11) is 0. The number of furan rings is 1. The number of nitrogens with zero attached hydrogens (tertiary/aromatic N) is 2. The number of rotatable bonds is 4. The zero-order valence-electron chi connectivity index (χ0n) is 13.1.